The van der Waals surface area contributed by atoms with Crippen molar-refractivity contribution in [2.24, 2.45) is 5.92 Å². The molecular weight excluding hydrogens is 156 g/mol. The third-order valence-electron chi connectivity index (χ3n) is 1.93. The summed E-state index contributed by atoms with van der Waals surface area (Å²) >= 11 is 0. The SMILES string of the molecule is CN(C)NC(=O)C1CCOCC1. The lowest BCUT2D eigenvalue weighted by atomic mass is 10.00. The van der Waals surface area contributed by atoms with Crippen LogP contribution in [0.5, 0.6) is 0 Å². The van der Waals surface area contributed by atoms with Crippen molar-refractivity contribution in [3.8, 4) is 0 Å². The minimum absolute atomic E-state index is 0.114. The third-order valence-corrected chi connectivity index (χ3v) is 1.93. The van der Waals surface area contributed by atoms with Crippen LogP contribution >= 0.6 is 0 Å². The van der Waals surface area contributed by atoms with Gasteiger partial charge < -0.3 is 4.74 Å². The van der Waals surface area contributed by atoms with Crippen molar-refractivity contribution in [1.29, 1.82) is 0 Å². The standard InChI is InChI=1S/C8H16N2O2/c1-10(2)9-8(11)7-3-5-12-6-4-7/h7H,3-6H2,1-2H3,(H,9,11). The summed E-state index contributed by atoms with van der Waals surface area (Å²) < 4.78 is 5.16. The van der Waals surface area contributed by atoms with Crippen LogP contribution in [0.15, 0.2) is 0 Å². The molecule has 0 spiro atoms. The number of carbonyl (C=O) groups is 1. The van der Waals surface area contributed by atoms with Gasteiger partial charge in [-0.05, 0) is 12.8 Å². The first-order valence-electron chi connectivity index (χ1n) is 4.25. The van der Waals surface area contributed by atoms with Crippen LogP contribution in [-0.4, -0.2) is 38.2 Å². The number of ether oxygens (including phenoxy) is 1. The van der Waals surface area contributed by atoms with E-state index in [0.29, 0.717) is 13.2 Å². The molecule has 1 aliphatic rings. The molecule has 0 bridgehead atoms. The van der Waals surface area contributed by atoms with E-state index in [-0.39, 0.29) is 11.8 Å². The van der Waals surface area contributed by atoms with Crippen molar-refractivity contribution in [1.82, 2.24) is 10.4 Å². The van der Waals surface area contributed by atoms with Crippen molar-refractivity contribution < 1.29 is 9.53 Å². The second kappa shape index (κ2) is 4.42. The maximum Gasteiger partial charge on any atom is 0.237 e. The highest BCUT2D eigenvalue weighted by molar-refractivity contribution is 5.78. The van der Waals surface area contributed by atoms with Gasteiger partial charge in [-0.2, -0.15) is 0 Å². The Labute approximate surface area is 72.8 Å². The van der Waals surface area contributed by atoms with Gasteiger partial charge in [-0.15, -0.1) is 0 Å². The molecule has 1 rings (SSSR count). The zero-order valence-electron chi connectivity index (χ0n) is 7.67. The highest BCUT2D eigenvalue weighted by Gasteiger charge is 2.21. The van der Waals surface area contributed by atoms with Gasteiger partial charge in [-0.3, -0.25) is 10.2 Å². The quantitative estimate of drug-likeness (QED) is 0.596. The lowest BCUT2D eigenvalue weighted by Crippen LogP contribution is -2.41. The Hall–Kier alpha value is -0.610. The van der Waals surface area contributed by atoms with Crippen LogP contribution in [0.2, 0.25) is 0 Å². The third kappa shape index (κ3) is 2.79. The Morgan fingerprint density at radius 2 is 2.00 bits per heavy atom. The van der Waals surface area contributed by atoms with E-state index in [2.05, 4.69) is 5.43 Å². The molecular formula is C8H16N2O2. The van der Waals surface area contributed by atoms with E-state index in [1.807, 2.05) is 14.1 Å². The minimum Gasteiger partial charge on any atom is -0.381 e. The number of nitrogens with one attached hydrogen (secondary N) is 1. The van der Waals surface area contributed by atoms with Crippen molar-refractivity contribution in [3.05, 3.63) is 0 Å². The molecule has 70 valence electrons. The molecule has 1 heterocycles. The molecule has 0 aromatic heterocycles. The number of nitrogens with zero attached hydrogens (tertiary/aromatic N) is 1. The summed E-state index contributed by atoms with van der Waals surface area (Å²) in [6, 6.07) is 0. The molecule has 1 aliphatic heterocycles. The summed E-state index contributed by atoms with van der Waals surface area (Å²) in [6.45, 7) is 1.43. The molecule has 1 fully saturated rings. The van der Waals surface area contributed by atoms with Gasteiger partial charge in [0.2, 0.25) is 5.91 Å². The van der Waals surface area contributed by atoms with Gasteiger partial charge in [-0.1, -0.05) is 0 Å². The average molecular weight is 172 g/mol. The Balaban J connectivity index is 2.30. The van der Waals surface area contributed by atoms with E-state index in [4.69, 9.17) is 4.74 Å². The zero-order valence-corrected chi connectivity index (χ0v) is 7.67. The predicted octanol–water partition coefficient (Wildman–Crippen LogP) is 0.00580. The number of hydrogen-bond donors (Lipinski definition) is 1. The van der Waals surface area contributed by atoms with E-state index in [9.17, 15) is 4.79 Å². The topological polar surface area (TPSA) is 41.6 Å². The van der Waals surface area contributed by atoms with Gasteiger partial charge >= 0.3 is 0 Å². The van der Waals surface area contributed by atoms with Crippen molar-refractivity contribution >= 4 is 5.91 Å². The molecule has 0 aromatic carbocycles. The Morgan fingerprint density at radius 3 is 2.50 bits per heavy atom. The first-order valence-corrected chi connectivity index (χ1v) is 4.25. The van der Waals surface area contributed by atoms with E-state index in [0.717, 1.165) is 12.8 Å². The maximum atomic E-state index is 11.4. The lowest BCUT2D eigenvalue weighted by Gasteiger charge is -2.23. The number of hydrazine groups is 1. The van der Waals surface area contributed by atoms with Crippen molar-refractivity contribution in [2.45, 2.75) is 12.8 Å². The monoisotopic (exact) mass is 172 g/mol. The fourth-order valence-electron chi connectivity index (χ4n) is 1.27. The summed E-state index contributed by atoms with van der Waals surface area (Å²) in [7, 11) is 3.63. The minimum atomic E-state index is 0.114. The first-order chi connectivity index (χ1) is 5.70. The van der Waals surface area contributed by atoms with Crippen LogP contribution in [-0.2, 0) is 9.53 Å². The fourth-order valence-corrected chi connectivity index (χ4v) is 1.27. The molecule has 0 aromatic rings. The maximum absolute atomic E-state index is 11.4. The van der Waals surface area contributed by atoms with Crippen LogP contribution in [0.3, 0.4) is 0 Å². The number of hydrogen-bond acceptors (Lipinski definition) is 3. The van der Waals surface area contributed by atoms with E-state index in [1.54, 1.807) is 5.01 Å². The molecule has 0 saturated carbocycles. The van der Waals surface area contributed by atoms with Gasteiger partial charge in [0.05, 0.1) is 0 Å². The van der Waals surface area contributed by atoms with Gasteiger partial charge in [0.15, 0.2) is 0 Å². The summed E-state index contributed by atoms with van der Waals surface area (Å²) in [5.41, 5.74) is 2.75. The highest BCUT2D eigenvalue weighted by atomic mass is 16.5. The lowest BCUT2D eigenvalue weighted by molar-refractivity contribution is -0.131. The normalized spacial score (nSPS) is 19.6. The molecule has 1 N–H and O–H groups in total. The summed E-state index contributed by atoms with van der Waals surface area (Å²) in [5.74, 6) is 0.254. The summed E-state index contributed by atoms with van der Waals surface area (Å²) in [5, 5.41) is 1.68. The molecule has 0 radical (unpaired) electrons. The van der Waals surface area contributed by atoms with Crippen LogP contribution in [0.4, 0.5) is 0 Å². The molecule has 4 nitrogen and oxygen atoms in total. The van der Waals surface area contributed by atoms with Crippen LogP contribution < -0.4 is 5.43 Å². The second-order valence-corrected chi connectivity index (χ2v) is 3.26. The van der Waals surface area contributed by atoms with Crippen molar-refractivity contribution in [2.75, 3.05) is 27.3 Å². The van der Waals surface area contributed by atoms with Gasteiger partial charge in [-0.25, -0.2) is 5.01 Å². The Kier molecular flexibility index (Phi) is 3.49. The molecule has 1 saturated heterocycles. The van der Waals surface area contributed by atoms with Gasteiger partial charge in [0.1, 0.15) is 0 Å². The highest BCUT2D eigenvalue weighted by Crippen LogP contribution is 2.14. The average Bonchev–Trinajstić information content (AvgIpc) is 2.05. The molecule has 0 atom stereocenters. The fraction of sp³-hybridized carbons (Fsp3) is 0.875. The van der Waals surface area contributed by atoms with Crippen molar-refractivity contribution in [3.63, 3.8) is 0 Å². The summed E-state index contributed by atoms with van der Waals surface area (Å²) in [6.07, 6.45) is 1.69. The van der Waals surface area contributed by atoms with E-state index < -0.39 is 0 Å². The summed E-state index contributed by atoms with van der Waals surface area (Å²) in [4.78, 5) is 11.4. The molecule has 4 heteroatoms. The number of carbonyl (C=O) groups excluding carboxylic acids is 1. The molecule has 0 unspecified atom stereocenters. The smallest absolute Gasteiger partial charge is 0.237 e. The largest absolute Gasteiger partial charge is 0.381 e. The zero-order chi connectivity index (χ0) is 8.97. The van der Waals surface area contributed by atoms with E-state index in [1.165, 1.54) is 0 Å². The predicted molar refractivity (Wildman–Crippen MR) is 45.4 cm³/mol. The second-order valence-electron chi connectivity index (χ2n) is 3.26. The van der Waals surface area contributed by atoms with Crippen LogP contribution in [0.25, 0.3) is 0 Å². The molecule has 0 aliphatic carbocycles. The number of amides is 1. The Bertz CT molecular complexity index is 153. The molecule has 12 heavy (non-hydrogen) atoms. The van der Waals surface area contributed by atoms with E-state index >= 15 is 0 Å². The Morgan fingerprint density at radius 1 is 1.42 bits per heavy atom. The van der Waals surface area contributed by atoms with Crippen LogP contribution in [0, 0.1) is 5.92 Å². The van der Waals surface area contributed by atoms with Gasteiger partial charge in [0, 0.05) is 33.2 Å². The number of rotatable bonds is 2. The van der Waals surface area contributed by atoms with Crippen LogP contribution in [0.1, 0.15) is 12.8 Å². The molecule has 1 amide bonds. The first kappa shape index (κ1) is 9.48. The van der Waals surface area contributed by atoms with Gasteiger partial charge in [0.25, 0.3) is 0 Å².